The maximum Gasteiger partial charge on any atom is 0.164 e. The summed E-state index contributed by atoms with van der Waals surface area (Å²) in [5.41, 5.74) is 7.92. The predicted octanol–water partition coefficient (Wildman–Crippen LogP) is 11.5. The quantitative estimate of drug-likeness (QED) is 0.190. The third-order valence-corrected chi connectivity index (χ3v) is 9.31. The zero-order chi connectivity index (χ0) is 32.6. The zero-order valence-electron chi connectivity index (χ0n) is 26.7. The van der Waals surface area contributed by atoms with Crippen molar-refractivity contribution in [1.82, 2.24) is 15.0 Å². The molecule has 4 heteroatoms. The topological polar surface area (TPSA) is 51.8 Å². The number of hydrogen-bond acceptors (Lipinski definition) is 4. The van der Waals surface area contributed by atoms with Gasteiger partial charge in [0.05, 0.1) is 0 Å². The van der Waals surface area contributed by atoms with Gasteiger partial charge in [-0.3, -0.25) is 0 Å². The van der Waals surface area contributed by atoms with Gasteiger partial charge in [-0.25, -0.2) is 15.0 Å². The number of nitrogens with zero attached hydrogens (tertiary/aromatic N) is 3. The van der Waals surface area contributed by atoms with E-state index in [2.05, 4.69) is 140 Å². The third kappa shape index (κ3) is 5.43. The number of fused-ring (bicyclic) bond motifs is 4. The minimum absolute atomic E-state index is 0.240. The van der Waals surface area contributed by atoms with Crippen molar-refractivity contribution in [3.63, 3.8) is 0 Å². The van der Waals surface area contributed by atoms with Crippen LogP contribution >= 0.6 is 0 Å². The SMILES string of the molecule is C1=CCC(c2ccccc2-c2nc(C3=C/C=C(c4ccc5ccccc5c4)\C=C/C=C3)nc(-c3cccc4oc5ccccc5c34)n2)C=C1. The van der Waals surface area contributed by atoms with Crippen molar-refractivity contribution >= 4 is 43.9 Å². The van der Waals surface area contributed by atoms with Gasteiger partial charge in [-0.15, -0.1) is 0 Å². The van der Waals surface area contributed by atoms with Crippen molar-refractivity contribution in [1.29, 1.82) is 0 Å². The van der Waals surface area contributed by atoms with Gasteiger partial charge in [-0.05, 0) is 52.1 Å². The van der Waals surface area contributed by atoms with Gasteiger partial charge in [0.2, 0.25) is 0 Å². The predicted molar refractivity (Wildman–Crippen MR) is 202 cm³/mol. The highest BCUT2D eigenvalue weighted by molar-refractivity contribution is 6.11. The standard InChI is InChI=1S/C45H31N3O/c1-2-15-32(16-3-1)36-19-8-9-20-37(36)44-46-43(47-45(48-44)39-22-12-24-41-42(39)38-21-10-11-23-40(38)49-41)33-17-6-4-14-31(25-27-33)35-28-26-30-13-5-7-18-34(30)29-35/h1-15,17-29,32H,16H2/b6-4?,14-4-,17-6?,27-25?,31-14?,31-25+,33-17?,33-27?. The molecule has 4 nitrogen and oxygen atoms in total. The van der Waals surface area contributed by atoms with Crippen molar-refractivity contribution in [3.05, 3.63) is 187 Å². The van der Waals surface area contributed by atoms with E-state index in [1.54, 1.807) is 0 Å². The molecule has 0 aliphatic heterocycles. The molecule has 0 bridgehead atoms. The number of aromatic nitrogens is 3. The van der Waals surface area contributed by atoms with Crippen molar-refractivity contribution in [3.8, 4) is 22.8 Å². The second-order valence-corrected chi connectivity index (χ2v) is 12.3. The summed E-state index contributed by atoms with van der Waals surface area (Å²) in [5, 5.41) is 4.47. The molecule has 0 radical (unpaired) electrons. The molecule has 2 heterocycles. The van der Waals surface area contributed by atoms with E-state index in [1.807, 2.05) is 30.3 Å². The van der Waals surface area contributed by atoms with Crippen LogP contribution in [-0.4, -0.2) is 15.0 Å². The summed E-state index contributed by atoms with van der Waals surface area (Å²) in [5.74, 6) is 2.11. The summed E-state index contributed by atoms with van der Waals surface area (Å²) in [6, 6.07) is 37.8. The number of allylic oxidation sites excluding steroid dienone is 12. The molecule has 0 saturated carbocycles. The van der Waals surface area contributed by atoms with Crippen molar-refractivity contribution in [2.45, 2.75) is 12.3 Å². The first-order valence-electron chi connectivity index (χ1n) is 16.6. The lowest BCUT2D eigenvalue weighted by Crippen LogP contribution is -2.06. The Bertz CT molecular complexity index is 2590. The van der Waals surface area contributed by atoms with Crippen LogP contribution in [0, 0.1) is 0 Å². The van der Waals surface area contributed by atoms with E-state index in [0.717, 1.165) is 56.2 Å². The van der Waals surface area contributed by atoms with E-state index < -0.39 is 0 Å². The molecule has 0 fully saturated rings. The lowest BCUT2D eigenvalue weighted by Gasteiger charge is -2.18. The second-order valence-electron chi connectivity index (χ2n) is 12.3. The molecule has 49 heavy (non-hydrogen) atoms. The highest BCUT2D eigenvalue weighted by Crippen LogP contribution is 2.38. The van der Waals surface area contributed by atoms with Gasteiger partial charge < -0.3 is 4.42 Å². The van der Waals surface area contributed by atoms with Crippen LogP contribution in [0.25, 0.3) is 66.6 Å². The average molecular weight is 630 g/mol. The largest absolute Gasteiger partial charge is 0.456 e. The highest BCUT2D eigenvalue weighted by atomic mass is 16.3. The van der Waals surface area contributed by atoms with Crippen molar-refractivity contribution in [2.24, 2.45) is 0 Å². The van der Waals surface area contributed by atoms with Crippen molar-refractivity contribution in [2.75, 3.05) is 0 Å². The van der Waals surface area contributed by atoms with Gasteiger partial charge in [0.15, 0.2) is 17.5 Å². The molecule has 2 aliphatic rings. The Labute approximate surface area is 284 Å². The number of benzene rings is 5. The van der Waals surface area contributed by atoms with Crippen LogP contribution in [0.4, 0.5) is 0 Å². The first-order valence-corrected chi connectivity index (χ1v) is 16.6. The second kappa shape index (κ2) is 12.3. The lowest BCUT2D eigenvalue weighted by molar-refractivity contribution is 0.669. The Hall–Kier alpha value is -6.39. The molecule has 2 aliphatic carbocycles. The van der Waals surface area contributed by atoms with E-state index >= 15 is 0 Å². The Morgan fingerprint density at radius 2 is 1.27 bits per heavy atom. The molecule has 9 rings (SSSR count). The number of rotatable bonds is 5. The molecule has 0 spiro atoms. The van der Waals surface area contributed by atoms with E-state index in [0.29, 0.717) is 17.5 Å². The van der Waals surface area contributed by atoms with Crippen LogP contribution in [0.5, 0.6) is 0 Å². The van der Waals surface area contributed by atoms with E-state index in [1.165, 1.54) is 16.3 Å². The molecule has 5 aromatic carbocycles. The fraction of sp³-hybridized carbons (Fsp3) is 0.0444. The van der Waals surface area contributed by atoms with E-state index in [-0.39, 0.29) is 5.92 Å². The van der Waals surface area contributed by atoms with Gasteiger partial charge in [-0.2, -0.15) is 0 Å². The minimum Gasteiger partial charge on any atom is -0.456 e. The minimum atomic E-state index is 0.240. The number of hydrogen-bond donors (Lipinski definition) is 0. The molecular weight excluding hydrogens is 599 g/mol. The maximum atomic E-state index is 6.26. The summed E-state index contributed by atoms with van der Waals surface area (Å²) in [6.07, 6.45) is 22.2. The van der Waals surface area contributed by atoms with E-state index in [4.69, 9.17) is 19.4 Å². The Balaban J connectivity index is 1.23. The summed E-state index contributed by atoms with van der Waals surface area (Å²) in [4.78, 5) is 15.6. The zero-order valence-corrected chi connectivity index (χ0v) is 26.7. The van der Waals surface area contributed by atoms with Crippen LogP contribution in [0.15, 0.2) is 174 Å². The maximum absolute atomic E-state index is 6.26. The molecule has 1 unspecified atom stereocenters. The summed E-state index contributed by atoms with van der Waals surface area (Å²) in [7, 11) is 0. The number of para-hydroxylation sites is 1. The van der Waals surface area contributed by atoms with Gasteiger partial charge >= 0.3 is 0 Å². The third-order valence-electron chi connectivity index (χ3n) is 9.31. The molecule has 2 aromatic heterocycles. The molecule has 0 amide bonds. The monoisotopic (exact) mass is 629 g/mol. The van der Waals surface area contributed by atoms with Crippen LogP contribution in [0.2, 0.25) is 0 Å². The molecule has 0 N–H and O–H groups in total. The van der Waals surface area contributed by atoms with Crippen LogP contribution in [0.3, 0.4) is 0 Å². The van der Waals surface area contributed by atoms with Crippen LogP contribution in [-0.2, 0) is 0 Å². The molecular formula is C45H31N3O. The Morgan fingerprint density at radius 1 is 0.551 bits per heavy atom. The summed E-state index contributed by atoms with van der Waals surface area (Å²) < 4.78 is 6.26. The molecule has 7 aromatic rings. The highest BCUT2D eigenvalue weighted by Gasteiger charge is 2.21. The van der Waals surface area contributed by atoms with Crippen LogP contribution in [0.1, 0.15) is 29.3 Å². The van der Waals surface area contributed by atoms with Crippen molar-refractivity contribution < 1.29 is 4.42 Å². The lowest BCUT2D eigenvalue weighted by atomic mass is 9.89. The van der Waals surface area contributed by atoms with Gasteiger partial charge in [0.1, 0.15) is 11.2 Å². The van der Waals surface area contributed by atoms with Crippen LogP contribution < -0.4 is 0 Å². The first-order chi connectivity index (χ1) is 24.3. The van der Waals surface area contributed by atoms with Gasteiger partial charge in [0.25, 0.3) is 0 Å². The summed E-state index contributed by atoms with van der Waals surface area (Å²) >= 11 is 0. The smallest absolute Gasteiger partial charge is 0.164 e. The Kier molecular flexibility index (Phi) is 7.25. The Morgan fingerprint density at radius 3 is 2.16 bits per heavy atom. The number of furan rings is 1. The molecule has 232 valence electrons. The molecule has 1 atom stereocenters. The first kappa shape index (κ1) is 28.8. The normalized spacial score (nSPS) is 17.5. The molecule has 0 saturated heterocycles. The van der Waals surface area contributed by atoms with Gasteiger partial charge in [-0.1, -0.05) is 152 Å². The van der Waals surface area contributed by atoms with Gasteiger partial charge in [0, 0.05) is 33.4 Å². The summed E-state index contributed by atoms with van der Waals surface area (Å²) in [6.45, 7) is 0. The van der Waals surface area contributed by atoms with E-state index in [9.17, 15) is 0 Å². The average Bonchev–Trinajstić information content (AvgIpc) is 3.54. The fourth-order valence-electron chi connectivity index (χ4n) is 6.86. The fourth-order valence-corrected chi connectivity index (χ4v) is 6.86.